The first-order valence-electron chi connectivity index (χ1n) is 7.52. The van der Waals surface area contributed by atoms with Crippen molar-refractivity contribution in [2.45, 2.75) is 26.4 Å². The van der Waals surface area contributed by atoms with Crippen molar-refractivity contribution in [3.8, 4) is 0 Å². The predicted octanol–water partition coefficient (Wildman–Crippen LogP) is 3.37. The van der Waals surface area contributed by atoms with Gasteiger partial charge < -0.3 is 14.8 Å². The lowest BCUT2D eigenvalue weighted by atomic mass is 10.1. The number of amides is 2. The molecule has 1 N–H and O–H groups in total. The number of carbonyl (C=O) groups excluding carboxylic acids is 1. The van der Waals surface area contributed by atoms with Gasteiger partial charge in [0.25, 0.3) is 5.56 Å². The summed E-state index contributed by atoms with van der Waals surface area (Å²) in [5, 5.41) is 2.68. The highest BCUT2D eigenvalue weighted by molar-refractivity contribution is 5.89. The number of nitrogens with zero attached hydrogens (tertiary/aromatic N) is 2. The SMILES string of the molecule is CCn1cc(NC(=O)N(C)C(C)c2ccc(F)c(F)c2)ccc1=O. The maximum absolute atomic E-state index is 13.3. The molecule has 5 nitrogen and oxygen atoms in total. The van der Waals surface area contributed by atoms with E-state index in [0.717, 1.165) is 12.1 Å². The molecule has 7 heteroatoms. The molecule has 0 saturated carbocycles. The van der Waals surface area contributed by atoms with Crippen LogP contribution in [0.25, 0.3) is 0 Å². The zero-order valence-corrected chi connectivity index (χ0v) is 13.7. The fourth-order valence-corrected chi connectivity index (χ4v) is 2.24. The average Bonchev–Trinajstić information content (AvgIpc) is 2.57. The molecule has 0 bridgehead atoms. The van der Waals surface area contributed by atoms with Gasteiger partial charge in [-0.3, -0.25) is 4.79 Å². The summed E-state index contributed by atoms with van der Waals surface area (Å²) in [7, 11) is 1.55. The molecular weight excluding hydrogens is 316 g/mol. The van der Waals surface area contributed by atoms with Crippen LogP contribution in [-0.4, -0.2) is 22.5 Å². The van der Waals surface area contributed by atoms with E-state index >= 15 is 0 Å². The summed E-state index contributed by atoms with van der Waals surface area (Å²) in [5.41, 5.74) is 0.801. The number of carbonyl (C=O) groups is 1. The molecule has 0 fully saturated rings. The molecule has 1 aromatic carbocycles. The van der Waals surface area contributed by atoms with Crippen LogP contribution in [0.2, 0.25) is 0 Å². The van der Waals surface area contributed by atoms with Gasteiger partial charge in [-0.05, 0) is 37.6 Å². The van der Waals surface area contributed by atoms with Gasteiger partial charge in [0.1, 0.15) is 0 Å². The number of nitrogens with one attached hydrogen (secondary N) is 1. The van der Waals surface area contributed by atoms with Crippen LogP contribution in [0.15, 0.2) is 41.3 Å². The lowest BCUT2D eigenvalue weighted by molar-refractivity contribution is 0.208. The van der Waals surface area contributed by atoms with Gasteiger partial charge in [0, 0.05) is 25.9 Å². The molecule has 0 saturated heterocycles. The van der Waals surface area contributed by atoms with Crippen molar-refractivity contribution in [2.75, 3.05) is 12.4 Å². The number of urea groups is 1. The first kappa shape index (κ1) is 17.7. The maximum Gasteiger partial charge on any atom is 0.322 e. The molecule has 0 aliphatic carbocycles. The summed E-state index contributed by atoms with van der Waals surface area (Å²) in [6.07, 6.45) is 1.55. The normalized spacial score (nSPS) is 11.9. The van der Waals surface area contributed by atoms with Crippen LogP contribution in [-0.2, 0) is 6.54 Å². The number of anilines is 1. The maximum atomic E-state index is 13.3. The smallest absolute Gasteiger partial charge is 0.321 e. The van der Waals surface area contributed by atoms with E-state index in [-0.39, 0.29) is 5.56 Å². The van der Waals surface area contributed by atoms with E-state index in [9.17, 15) is 18.4 Å². The van der Waals surface area contributed by atoms with E-state index in [2.05, 4.69) is 5.32 Å². The average molecular weight is 335 g/mol. The third-order valence-electron chi connectivity index (χ3n) is 3.90. The molecule has 0 aliphatic rings. The number of aromatic nitrogens is 1. The largest absolute Gasteiger partial charge is 0.322 e. The fourth-order valence-electron chi connectivity index (χ4n) is 2.24. The molecule has 2 rings (SSSR count). The van der Waals surface area contributed by atoms with Crippen molar-refractivity contribution in [1.82, 2.24) is 9.47 Å². The lowest BCUT2D eigenvalue weighted by Gasteiger charge is -2.25. The van der Waals surface area contributed by atoms with Gasteiger partial charge in [0.05, 0.1) is 11.7 Å². The lowest BCUT2D eigenvalue weighted by Crippen LogP contribution is -2.34. The Kier molecular flexibility index (Phi) is 5.33. The van der Waals surface area contributed by atoms with E-state index in [1.807, 2.05) is 6.92 Å². The second kappa shape index (κ2) is 7.25. The van der Waals surface area contributed by atoms with Crippen molar-refractivity contribution in [1.29, 1.82) is 0 Å². The number of pyridine rings is 1. The zero-order chi connectivity index (χ0) is 17.9. The summed E-state index contributed by atoms with van der Waals surface area (Å²) in [5.74, 6) is -1.89. The van der Waals surface area contributed by atoms with Crippen LogP contribution in [0.5, 0.6) is 0 Å². The van der Waals surface area contributed by atoms with Crippen LogP contribution in [0.4, 0.5) is 19.3 Å². The summed E-state index contributed by atoms with van der Waals surface area (Å²) in [6.45, 7) is 4.02. The number of aryl methyl sites for hydroxylation is 1. The Hall–Kier alpha value is -2.70. The number of benzene rings is 1. The first-order valence-corrected chi connectivity index (χ1v) is 7.52. The Bertz CT molecular complexity index is 805. The van der Waals surface area contributed by atoms with E-state index in [1.165, 1.54) is 27.7 Å². The molecule has 0 spiro atoms. The Morgan fingerprint density at radius 1 is 1.25 bits per heavy atom. The Morgan fingerprint density at radius 2 is 1.96 bits per heavy atom. The van der Waals surface area contributed by atoms with Crippen molar-refractivity contribution in [3.63, 3.8) is 0 Å². The highest BCUT2D eigenvalue weighted by Crippen LogP contribution is 2.21. The summed E-state index contributed by atoms with van der Waals surface area (Å²) in [6, 6.07) is 5.54. The van der Waals surface area contributed by atoms with E-state index in [1.54, 1.807) is 20.2 Å². The highest BCUT2D eigenvalue weighted by Gasteiger charge is 2.19. The van der Waals surface area contributed by atoms with Gasteiger partial charge >= 0.3 is 6.03 Å². The molecule has 1 atom stereocenters. The number of hydrogen-bond acceptors (Lipinski definition) is 2. The number of rotatable bonds is 4. The van der Waals surface area contributed by atoms with E-state index in [0.29, 0.717) is 17.8 Å². The summed E-state index contributed by atoms with van der Waals surface area (Å²) >= 11 is 0. The van der Waals surface area contributed by atoms with Gasteiger partial charge in [-0.15, -0.1) is 0 Å². The quantitative estimate of drug-likeness (QED) is 0.931. The monoisotopic (exact) mass is 335 g/mol. The molecule has 24 heavy (non-hydrogen) atoms. The molecule has 1 aromatic heterocycles. The van der Waals surface area contributed by atoms with Crippen LogP contribution in [0, 0.1) is 11.6 Å². The number of hydrogen-bond donors (Lipinski definition) is 1. The van der Waals surface area contributed by atoms with E-state index in [4.69, 9.17) is 0 Å². The molecule has 128 valence electrons. The van der Waals surface area contributed by atoms with Crippen molar-refractivity contribution in [3.05, 3.63) is 64.1 Å². The topological polar surface area (TPSA) is 54.3 Å². The minimum Gasteiger partial charge on any atom is -0.321 e. The summed E-state index contributed by atoms with van der Waals surface area (Å²) in [4.78, 5) is 25.2. The van der Waals surface area contributed by atoms with Crippen molar-refractivity contribution >= 4 is 11.7 Å². The van der Waals surface area contributed by atoms with Crippen LogP contribution < -0.4 is 10.9 Å². The molecule has 0 aliphatic heterocycles. The Balaban J connectivity index is 2.13. The number of halogens is 2. The van der Waals surface area contributed by atoms with Crippen molar-refractivity contribution < 1.29 is 13.6 Å². The Labute approximate surface area is 138 Å². The third-order valence-corrected chi connectivity index (χ3v) is 3.90. The third kappa shape index (κ3) is 3.79. The molecule has 2 amide bonds. The van der Waals surface area contributed by atoms with Crippen LogP contribution in [0.1, 0.15) is 25.5 Å². The van der Waals surface area contributed by atoms with Crippen molar-refractivity contribution in [2.24, 2.45) is 0 Å². The molecule has 1 unspecified atom stereocenters. The summed E-state index contributed by atoms with van der Waals surface area (Å²) < 4.78 is 27.8. The first-order chi connectivity index (χ1) is 11.3. The molecular formula is C17H19F2N3O2. The molecule has 1 heterocycles. The second-order valence-electron chi connectivity index (χ2n) is 5.43. The van der Waals surface area contributed by atoms with Gasteiger partial charge in [-0.25, -0.2) is 13.6 Å². The standard InChI is InChI=1S/C17H19F2N3O2/c1-4-22-10-13(6-8-16(22)23)20-17(24)21(3)11(2)12-5-7-14(18)15(19)9-12/h5-11H,4H2,1-3H3,(H,20,24). The predicted molar refractivity (Wildman–Crippen MR) is 87.9 cm³/mol. The van der Waals surface area contributed by atoms with Gasteiger partial charge in [-0.1, -0.05) is 6.07 Å². The zero-order valence-electron chi connectivity index (χ0n) is 13.7. The van der Waals surface area contributed by atoms with Crippen LogP contribution >= 0.6 is 0 Å². The van der Waals surface area contributed by atoms with E-state index < -0.39 is 23.7 Å². The fraction of sp³-hybridized carbons (Fsp3) is 0.294. The van der Waals surface area contributed by atoms with Gasteiger partial charge in [-0.2, -0.15) is 0 Å². The van der Waals surface area contributed by atoms with Crippen LogP contribution in [0.3, 0.4) is 0 Å². The Morgan fingerprint density at radius 3 is 2.58 bits per heavy atom. The molecule has 2 aromatic rings. The van der Waals surface area contributed by atoms with Gasteiger partial charge in [0.2, 0.25) is 0 Å². The minimum absolute atomic E-state index is 0.154. The highest BCUT2D eigenvalue weighted by atomic mass is 19.2. The molecule has 0 radical (unpaired) electrons. The second-order valence-corrected chi connectivity index (χ2v) is 5.43. The minimum atomic E-state index is -0.955. The van der Waals surface area contributed by atoms with Gasteiger partial charge in [0.15, 0.2) is 11.6 Å².